The van der Waals surface area contributed by atoms with Gasteiger partial charge < -0.3 is 0 Å². The second-order valence-electron chi connectivity index (χ2n) is 3.45. The fourth-order valence-electron chi connectivity index (χ4n) is 2.49. The van der Waals surface area contributed by atoms with E-state index in [1.54, 1.807) is 6.42 Å². The minimum absolute atomic E-state index is 1.04. The van der Waals surface area contributed by atoms with Crippen molar-refractivity contribution in [2.45, 2.75) is 36.0 Å². The number of hydrogen-bond donors (Lipinski definition) is 0. The van der Waals surface area contributed by atoms with Crippen LogP contribution in [-0.4, -0.2) is 3.92 Å². The molecule has 0 aromatic heterocycles. The summed E-state index contributed by atoms with van der Waals surface area (Å²) in [6.45, 7) is 0. The average molecular weight is 236 g/mol. The molecule has 0 heterocycles. The van der Waals surface area contributed by atoms with Crippen LogP contribution in [0.2, 0.25) is 0 Å². The maximum absolute atomic E-state index is 2.65. The minimum Gasteiger partial charge on any atom is -0.0823 e. The summed E-state index contributed by atoms with van der Waals surface area (Å²) in [4.78, 5) is 0. The summed E-state index contributed by atoms with van der Waals surface area (Å²) in [5.74, 6) is 2.28. The topological polar surface area (TPSA) is 0 Å². The Hall–Kier alpha value is 0.730. The molecule has 2 saturated carbocycles. The first-order chi connectivity index (χ1) is 4.38. The zero-order chi connectivity index (χ0) is 6.27. The molecule has 0 amide bonds. The normalized spacial score (nSPS) is 49.7. The Kier molecular flexibility index (Phi) is 1.72. The van der Waals surface area contributed by atoms with Gasteiger partial charge >= 0.3 is 0 Å². The molecule has 0 aromatic carbocycles. The van der Waals surface area contributed by atoms with Crippen molar-refractivity contribution in [3.8, 4) is 0 Å². The van der Waals surface area contributed by atoms with E-state index < -0.39 is 0 Å². The van der Waals surface area contributed by atoms with E-state index in [2.05, 4.69) is 22.6 Å². The Morgan fingerprint density at radius 2 is 1.89 bits per heavy atom. The summed E-state index contributed by atoms with van der Waals surface area (Å²) in [6, 6.07) is 0. The highest BCUT2D eigenvalue weighted by Crippen LogP contribution is 2.46. The van der Waals surface area contributed by atoms with Crippen molar-refractivity contribution in [1.82, 2.24) is 0 Å². The van der Waals surface area contributed by atoms with E-state index in [0.717, 1.165) is 15.8 Å². The lowest BCUT2D eigenvalue weighted by Gasteiger charge is -2.10. The third-order valence-corrected chi connectivity index (χ3v) is 4.54. The zero-order valence-electron chi connectivity index (χ0n) is 5.65. The largest absolute Gasteiger partial charge is 0.0823 e. The van der Waals surface area contributed by atoms with Gasteiger partial charge in [0.1, 0.15) is 0 Å². The standard InChI is InChI=1S/C8H13I/c9-8-5-4-6-2-1-3-7(6)8/h6-8H,1-5H2. The fourth-order valence-corrected chi connectivity index (χ4v) is 3.79. The third kappa shape index (κ3) is 1.02. The predicted octanol–water partition coefficient (Wildman–Crippen LogP) is 3.00. The summed E-state index contributed by atoms with van der Waals surface area (Å²) >= 11 is 2.65. The van der Waals surface area contributed by atoms with Crippen molar-refractivity contribution in [1.29, 1.82) is 0 Å². The monoisotopic (exact) mass is 236 g/mol. The van der Waals surface area contributed by atoms with Crippen molar-refractivity contribution in [3.05, 3.63) is 0 Å². The average Bonchev–Trinajstić information content (AvgIpc) is 2.35. The van der Waals surface area contributed by atoms with Gasteiger partial charge in [-0.25, -0.2) is 0 Å². The highest BCUT2D eigenvalue weighted by Gasteiger charge is 2.37. The molecule has 2 aliphatic carbocycles. The Balaban J connectivity index is 2.07. The van der Waals surface area contributed by atoms with Crippen LogP contribution in [0.25, 0.3) is 0 Å². The Morgan fingerprint density at radius 3 is 2.67 bits per heavy atom. The smallest absolute Gasteiger partial charge is 0.0141 e. The molecule has 0 spiro atoms. The molecule has 2 aliphatic rings. The van der Waals surface area contributed by atoms with Crippen LogP contribution in [0.5, 0.6) is 0 Å². The molecule has 0 aliphatic heterocycles. The van der Waals surface area contributed by atoms with E-state index in [9.17, 15) is 0 Å². The first-order valence-corrected chi connectivity index (χ1v) is 5.26. The van der Waals surface area contributed by atoms with E-state index in [1.165, 1.54) is 25.7 Å². The van der Waals surface area contributed by atoms with E-state index in [1.807, 2.05) is 0 Å². The van der Waals surface area contributed by atoms with E-state index in [0.29, 0.717) is 0 Å². The van der Waals surface area contributed by atoms with Gasteiger partial charge in [0.05, 0.1) is 0 Å². The fraction of sp³-hybridized carbons (Fsp3) is 1.00. The van der Waals surface area contributed by atoms with E-state index >= 15 is 0 Å². The maximum atomic E-state index is 2.65. The van der Waals surface area contributed by atoms with Gasteiger partial charge in [-0.15, -0.1) is 0 Å². The lowest BCUT2D eigenvalue weighted by Crippen LogP contribution is -2.06. The molecule has 2 fully saturated rings. The van der Waals surface area contributed by atoms with Crippen LogP contribution in [-0.2, 0) is 0 Å². The highest BCUT2D eigenvalue weighted by molar-refractivity contribution is 14.1. The summed E-state index contributed by atoms with van der Waals surface area (Å²) in [5.41, 5.74) is 0. The van der Waals surface area contributed by atoms with Crippen LogP contribution in [0.3, 0.4) is 0 Å². The first-order valence-electron chi connectivity index (χ1n) is 4.02. The molecule has 0 N–H and O–H groups in total. The molecule has 0 bridgehead atoms. The predicted molar refractivity (Wildman–Crippen MR) is 47.9 cm³/mol. The van der Waals surface area contributed by atoms with E-state index in [4.69, 9.17) is 0 Å². The minimum atomic E-state index is 1.04. The van der Waals surface area contributed by atoms with Crippen molar-refractivity contribution in [3.63, 3.8) is 0 Å². The first kappa shape index (κ1) is 6.44. The van der Waals surface area contributed by atoms with Crippen LogP contribution in [0, 0.1) is 11.8 Å². The molecular formula is C8H13I. The molecule has 0 nitrogen and oxygen atoms in total. The van der Waals surface area contributed by atoms with Crippen LogP contribution in [0.4, 0.5) is 0 Å². The lowest BCUT2D eigenvalue weighted by atomic mass is 10.0. The van der Waals surface area contributed by atoms with Gasteiger partial charge in [0.15, 0.2) is 0 Å². The molecule has 0 saturated heterocycles. The number of hydrogen-bond acceptors (Lipinski definition) is 0. The van der Waals surface area contributed by atoms with Gasteiger partial charge in [-0.05, 0) is 31.1 Å². The Labute approximate surface area is 70.5 Å². The molecule has 3 atom stereocenters. The van der Waals surface area contributed by atoms with Crippen molar-refractivity contribution < 1.29 is 0 Å². The molecular weight excluding hydrogens is 223 g/mol. The Morgan fingerprint density at radius 1 is 1.00 bits per heavy atom. The number of alkyl halides is 1. The summed E-state index contributed by atoms with van der Waals surface area (Å²) in [6.07, 6.45) is 7.66. The van der Waals surface area contributed by atoms with Gasteiger partial charge in [0, 0.05) is 3.92 Å². The molecule has 52 valence electrons. The van der Waals surface area contributed by atoms with Gasteiger partial charge in [-0.1, -0.05) is 35.4 Å². The number of rotatable bonds is 0. The van der Waals surface area contributed by atoms with Gasteiger partial charge in [-0.2, -0.15) is 0 Å². The lowest BCUT2D eigenvalue weighted by molar-refractivity contribution is 0.468. The van der Waals surface area contributed by atoms with Gasteiger partial charge in [0.2, 0.25) is 0 Å². The second-order valence-corrected chi connectivity index (χ2v) is 5.05. The number of halogens is 1. The quantitative estimate of drug-likeness (QED) is 0.448. The molecule has 2 rings (SSSR count). The van der Waals surface area contributed by atoms with Crippen molar-refractivity contribution in [2.75, 3.05) is 0 Å². The van der Waals surface area contributed by atoms with E-state index in [-0.39, 0.29) is 0 Å². The SMILES string of the molecule is IC1CCC2CCCC12. The Bertz CT molecular complexity index is 111. The summed E-state index contributed by atoms with van der Waals surface area (Å²) in [5, 5.41) is 0. The zero-order valence-corrected chi connectivity index (χ0v) is 7.80. The van der Waals surface area contributed by atoms with Crippen LogP contribution >= 0.6 is 22.6 Å². The van der Waals surface area contributed by atoms with Crippen molar-refractivity contribution in [2.24, 2.45) is 11.8 Å². The van der Waals surface area contributed by atoms with Gasteiger partial charge in [0.25, 0.3) is 0 Å². The van der Waals surface area contributed by atoms with Crippen LogP contribution in [0.15, 0.2) is 0 Å². The molecule has 9 heavy (non-hydrogen) atoms. The second kappa shape index (κ2) is 2.40. The molecule has 0 radical (unpaired) electrons. The maximum Gasteiger partial charge on any atom is 0.0141 e. The van der Waals surface area contributed by atoms with Crippen LogP contribution < -0.4 is 0 Å². The highest BCUT2D eigenvalue weighted by atomic mass is 127. The number of fused-ring (bicyclic) bond motifs is 1. The molecule has 3 unspecified atom stereocenters. The summed E-state index contributed by atoms with van der Waals surface area (Å²) in [7, 11) is 0. The van der Waals surface area contributed by atoms with Gasteiger partial charge in [-0.3, -0.25) is 0 Å². The van der Waals surface area contributed by atoms with Crippen molar-refractivity contribution >= 4 is 22.6 Å². The third-order valence-electron chi connectivity index (χ3n) is 3.00. The van der Waals surface area contributed by atoms with Crippen LogP contribution in [0.1, 0.15) is 32.1 Å². The molecule has 0 aromatic rings. The molecule has 1 heteroatoms. The summed E-state index contributed by atoms with van der Waals surface area (Å²) < 4.78 is 1.04.